The summed E-state index contributed by atoms with van der Waals surface area (Å²) >= 11 is 0. The number of nitrogens with zero attached hydrogens (tertiary/aromatic N) is 1. The highest BCUT2D eigenvalue weighted by Gasteiger charge is 2.24. The van der Waals surface area contributed by atoms with Gasteiger partial charge in [0, 0.05) is 26.1 Å². The molecule has 1 amide bonds. The quantitative estimate of drug-likeness (QED) is 0.803. The highest BCUT2D eigenvalue weighted by atomic mass is 16.6. The van der Waals surface area contributed by atoms with E-state index in [1.165, 1.54) is 5.56 Å². The summed E-state index contributed by atoms with van der Waals surface area (Å²) in [6.07, 6.45) is -0.527. The SMILES string of the molecule is CC(C)(C)OC(=O)NC(Cc1ccc(CN2CCOCC2)cc1)C(=O)O. The largest absolute Gasteiger partial charge is 0.480 e. The molecule has 144 valence electrons. The first-order valence-electron chi connectivity index (χ1n) is 8.83. The normalized spacial score (nSPS) is 16.7. The molecule has 1 aromatic carbocycles. The molecule has 0 radical (unpaired) electrons. The van der Waals surface area contributed by atoms with Crippen LogP contribution in [0.3, 0.4) is 0 Å². The van der Waals surface area contributed by atoms with Crippen molar-refractivity contribution in [2.24, 2.45) is 0 Å². The number of ether oxygens (including phenoxy) is 2. The Morgan fingerprint density at radius 3 is 2.31 bits per heavy atom. The zero-order chi connectivity index (χ0) is 19.2. The van der Waals surface area contributed by atoms with Crippen LogP contribution >= 0.6 is 0 Å². The molecule has 2 rings (SSSR count). The summed E-state index contributed by atoms with van der Waals surface area (Å²) in [5.41, 5.74) is 1.34. The van der Waals surface area contributed by atoms with E-state index in [-0.39, 0.29) is 6.42 Å². The minimum Gasteiger partial charge on any atom is -0.480 e. The highest BCUT2D eigenvalue weighted by molar-refractivity contribution is 5.80. The molecule has 1 saturated heterocycles. The monoisotopic (exact) mass is 364 g/mol. The van der Waals surface area contributed by atoms with Crippen molar-refractivity contribution >= 4 is 12.1 Å². The molecule has 1 unspecified atom stereocenters. The first-order valence-corrected chi connectivity index (χ1v) is 8.83. The molecular formula is C19H28N2O5. The molecule has 1 fully saturated rings. The fourth-order valence-electron chi connectivity index (χ4n) is 2.68. The van der Waals surface area contributed by atoms with E-state index < -0.39 is 23.7 Å². The molecule has 1 heterocycles. The average Bonchev–Trinajstić information content (AvgIpc) is 2.55. The first kappa shape index (κ1) is 20.2. The van der Waals surface area contributed by atoms with Crippen molar-refractivity contribution in [2.45, 2.75) is 45.4 Å². The molecule has 7 nitrogen and oxygen atoms in total. The van der Waals surface area contributed by atoms with Crippen LogP contribution in [0.25, 0.3) is 0 Å². The van der Waals surface area contributed by atoms with E-state index in [2.05, 4.69) is 10.2 Å². The summed E-state index contributed by atoms with van der Waals surface area (Å²) in [5.74, 6) is -1.09. The summed E-state index contributed by atoms with van der Waals surface area (Å²) in [6, 6.07) is 6.77. The number of benzene rings is 1. The van der Waals surface area contributed by atoms with Gasteiger partial charge in [0.1, 0.15) is 11.6 Å². The Balaban J connectivity index is 1.91. The topological polar surface area (TPSA) is 88.1 Å². The van der Waals surface area contributed by atoms with Crippen LogP contribution in [0.5, 0.6) is 0 Å². The van der Waals surface area contributed by atoms with Gasteiger partial charge in [-0.05, 0) is 31.9 Å². The molecule has 1 aliphatic rings. The zero-order valence-electron chi connectivity index (χ0n) is 15.7. The average molecular weight is 364 g/mol. The molecule has 0 aliphatic carbocycles. The Morgan fingerprint density at radius 2 is 1.77 bits per heavy atom. The van der Waals surface area contributed by atoms with Gasteiger partial charge >= 0.3 is 12.1 Å². The van der Waals surface area contributed by atoms with Gasteiger partial charge in [0.05, 0.1) is 13.2 Å². The van der Waals surface area contributed by atoms with Crippen molar-refractivity contribution in [3.8, 4) is 0 Å². The third-order valence-corrected chi connectivity index (χ3v) is 3.96. The van der Waals surface area contributed by atoms with Crippen LogP contribution in [0.15, 0.2) is 24.3 Å². The van der Waals surface area contributed by atoms with Gasteiger partial charge in [-0.25, -0.2) is 9.59 Å². The predicted molar refractivity (Wildman–Crippen MR) is 97.0 cm³/mol. The number of carbonyl (C=O) groups excluding carboxylic acids is 1. The Morgan fingerprint density at radius 1 is 1.19 bits per heavy atom. The summed E-state index contributed by atoms with van der Waals surface area (Å²) < 4.78 is 10.5. The van der Waals surface area contributed by atoms with E-state index in [1.54, 1.807) is 20.8 Å². The van der Waals surface area contributed by atoms with Gasteiger partial charge in [0.15, 0.2) is 0 Å². The van der Waals surface area contributed by atoms with Crippen molar-refractivity contribution in [3.05, 3.63) is 35.4 Å². The lowest BCUT2D eigenvalue weighted by molar-refractivity contribution is -0.139. The third-order valence-electron chi connectivity index (χ3n) is 3.96. The van der Waals surface area contributed by atoms with Gasteiger partial charge in [0.2, 0.25) is 0 Å². The van der Waals surface area contributed by atoms with Crippen molar-refractivity contribution in [3.63, 3.8) is 0 Å². The molecule has 0 spiro atoms. The molecular weight excluding hydrogens is 336 g/mol. The second-order valence-electron chi connectivity index (χ2n) is 7.45. The molecule has 0 saturated carbocycles. The molecule has 26 heavy (non-hydrogen) atoms. The van der Waals surface area contributed by atoms with E-state index in [1.807, 2.05) is 24.3 Å². The fraction of sp³-hybridized carbons (Fsp3) is 0.579. The molecule has 1 atom stereocenters. The Labute approximate surface area is 154 Å². The van der Waals surface area contributed by atoms with Crippen LogP contribution in [0, 0.1) is 0 Å². The minimum absolute atomic E-state index is 0.201. The lowest BCUT2D eigenvalue weighted by Crippen LogP contribution is -2.44. The molecule has 7 heteroatoms. The van der Waals surface area contributed by atoms with Crippen molar-refractivity contribution < 1.29 is 24.2 Å². The number of amides is 1. The number of alkyl carbamates (subject to hydrolysis) is 1. The van der Waals surface area contributed by atoms with Crippen LogP contribution in [0.4, 0.5) is 4.79 Å². The maximum absolute atomic E-state index is 11.8. The molecule has 2 N–H and O–H groups in total. The number of nitrogens with one attached hydrogen (secondary N) is 1. The standard InChI is InChI=1S/C19H28N2O5/c1-19(2,3)26-18(24)20-16(17(22)23)12-14-4-6-15(7-5-14)13-21-8-10-25-11-9-21/h4-7,16H,8-13H2,1-3H3,(H,20,24)(H,22,23). The Bertz CT molecular complexity index is 603. The summed E-state index contributed by atoms with van der Waals surface area (Å²) in [7, 11) is 0. The Hall–Kier alpha value is -2.12. The van der Waals surface area contributed by atoms with E-state index in [0.717, 1.165) is 38.4 Å². The van der Waals surface area contributed by atoms with Crippen LogP contribution < -0.4 is 5.32 Å². The summed E-state index contributed by atoms with van der Waals surface area (Å²) in [5, 5.41) is 11.8. The number of carbonyl (C=O) groups is 2. The first-order chi connectivity index (χ1) is 12.2. The third kappa shape index (κ3) is 7.01. The molecule has 0 bridgehead atoms. The van der Waals surface area contributed by atoms with E-state index in [9.17, 15) is 14.7 Å². The van der Waals surface area contributed by atoms with Gasteiger partial charge in [0.25, 0.3) is 0 Å². The second-order valence-corrected chi connectivity index (χ2v) is 7.45. The van der Waals surface area contributed by atoms with Crippen LogP contribution in [-0.2, 0) is 27.2 Å². The highest BCUT2D eigenvalue weighted by Crippen LogP contribution is 2.12. The second kappa shape index (κ2) is 9.00. The van der Waals surface area contributed by atoms with E-state index >= 15 is 0 Å². The van der Waals surface area contributed by atoms with Crippen LogP contribution in [0.2, 0.25) is 0 Å². The molecule has 1 aromatic rings. The van der Waals surface area contributed by atoms with Gasteiger partial charge in [-0.2, -0.15) is 0 Å². The van der Waals surface area contributed by atoms with Crippen LogP contribution in [0.1, 0.15) is 31.9 Å². The van der Waals surface area contributed by atoms with Crippen LogP contribution in [-0.4, -0.2) is 60.0 Å². The number of rotatable bonds is 6. The van der Waals surface area contributed by atoms with Gasteiger partial charge in [-0.15, -0.1) is 0 Å². The number of hydrogen-bond donors (Lipinski definition) is 2. The predicted octanol–water partition coefficient (Wildman–Crippen LogP) is 2.04. The number of carboxylic acid groups (broad SMARTS) is 1. The minimum atomic E-state index is -1.09. The Kier molecular flexibility index (Phi) is 6.99. The molecule has 0 aromatic heterocycles. The van der Waals surface area contributed by atoms with Gasteiger partial charge < -0.3 is 19.9 Å². The lowest BCUT2D eigenvalue weighted by Gasteiger charge is -2.26. The van der Waals surface area contributed by atoms with Crippen molar-refractivity contribution in [2.75, 3.05) is 26.3 Å². The zero-order valence-corrected chi connectivity index (χ0v) is 15.7. The van der Waals surface area contributed by atoms with Gasteiger partial charge in [-0.3, -0.25) is 4.90 Å². The summed E-state index contributed by atoms with van der Waals surface area (Å²) in [6.45, 7) is 9.40. The number of carboxylic acids is 1. The van der Waals surface area contributed by atoms with Crippen molar-refractivity contribution in [1.29, 1.82) is 0 Å². The maximum atomic E-state index is 11.8. The van der Waals surface area contributed by atoms with E-state index in [0.29, 0.717) is 0 Å². The number of hydrogen-bond acceptors (Lipinski definition) is 5. The maximum Gasteiger partial charge on any atom is 0.408 e. The number of morpholine rings is 1. The molecule has 1 aliphatic heterocycles. The fourth-order valence-corrected chi connectivity index (χ4v) is 2.68. The summed E-state index contributed by atoms with van der Waals surface area (Å²) in [4.78, 5) is 25.6. The van der Waals surface area contributed by atoms with Crippen molar-refractivity contribution in [1.82, 2.24) is 10.2 Å². The number of aliphatic carboxylic acids is 1. The van der Waals surface area contributed by atoms with Gasteiger partial charge in [-0.1, -0.05) is 24.3 Å². The lowest BCUT2D eigenvalue weighted by atomic mass is 10.0. The smallest absolute Gasteiger partial charge is 0.408 e. The van der Waals surface area contributed by atoms with E-state index in [4.69, 9.17) is 9.47 Å².